The number of hydrogen-bond acceptors (Lipinski definition) is 3. The Morgan fingerprint density at radius 3 is 2.36 bits per heavy atom. The summed E-state index contributed by atoms with van der Waals surface area (Å²) >= 11 is 0. The van der Waals surface area contributed by atoms with Crippen LogP contribution < -0.4 is 20.2 Å². The van der Waals surface area contributed by atoms with Crippen molar-refractivity contribution in [1.29, 1.82) is 0 Å². The Bertz CT molecular complexity index is 1290. The molecule has 186 valence electrons. The molecule has 1 atom stereocenters. The molecule has 7 nitrogen and oxygen atoms in total. The third kappa shape index (κ3) is 3.42. The first-order valence-electron chi connectivity index (χ1n) is 12.5. The van der Waals surface area contributed by atoms with Gasteiger partial charge in [-0.15, -0.1) is 17.4 Å². The fourth-order valence-electron chi connectivity index (χ4n) is 5.74. The number of likely N-dealkylation sites (tertiary alicyclic amines) is 1. The lowest BCUT2D eigenvalue weighted by Gasteiger charge is -2.38. The van der Waals surface area contributed by atoms with Crippen LogP contribution in [0.3, 0.4) is 0 Å². The van der Waals surface area contributed by atoms with Crippen molar-refractivity contribution in [3.05, 3.63) is 72.8 Å². The summed E-state index contributed by atoms with van der Waals surface area (Å²) in [6.07, 6.45) is 3.78. The molecule has 0 saturated carbocycles. The molecule has 1 spiro atoms. The van der Waals surface area contributed by atoms with Crippen LogP contribution >= 0.6 is 12.4 Å². The van der Waals surface area contributed by atoms with Crippen LogP contribution in [0.25, 0.3) is 11.1 Å². The number of quaternary nitrogens is 1. The second-order valence-electron chi connectivity index (χ2n) is 9.41. The van der Waals surface area contributed by atoms with Crippen LogP contribution in [0.15, 0.2) is 72.8 Å². The molecule has 1 unspecified atom stereocenters. The predicted molar refractivity (Wildman–Crippen MR) is 147 cm³/mol. The van der Waals surface area contributed by atoms with Gasteiger partial charge in [0.2, 0.25) is 0 Å². The van der Waals surface area contributed by atoms with Crippen LogP contribution in [-0.2, 0) is 0 Å². The molecule has 0 radical (unpaired) electrons. The van der Waals surface area contributed by atoms with E-state index in [1.807, 2.05) is 77.7 Å². The Morgan fingerprint density at radius 1 is 0.889 bits per heavy atom. The summed E-state index contributed by atoms with van der Waals surface area (Å²) in [6, 6.07) is 23.7. The Balaban J connectivity index is 0.00000267. The highest BCUT2D eigenvalue weighted by atomic mass is 35.5. The summed E-state index contributed by atoms with van der Waals surface area (Å²) < 4.78 is -0.252. The molecule has 36 heavy (non-hydrogen) atoms. The van der Waals surface area contributed by atoms with E-state index in [0.29, 0.717) is 32.6 Å². The lowest BCUT2D eigenvalue weighted by molar-refractivity contribution is 0.179. The Hall–Kier alpha value is -3.39. The van der Waals surface area contributed by atoms with E-state index in [1.54, 1.807) is 9.91 Å². The van der Waals surface area contributed by atoms with Gasteiger partial charge in [-0.2, -0.15) is 0 Å². The van der Waals surface area contributed by atoms with E-state index in [0.717, 1.165) is 53.1 Å². The minimum absolute atomic E-state index is 0. The van der Waals surface area contributed by atoms with Gasteiger partial charge in [-0.1, -0.05) is 47.1 Å². The van der Waals surface area contributed by atoms with Crippen molar-refractivity contribution in [2.45, 2.75) is 25.7 Å². The van der Waals surface area contributed by atoms with E-state index in [1.165, 1.54) is 0 Å². The molecule has 2 N–H and O–H groups in total. The molecule has 6 rings (SSSR count). The average Bonchev–Trinajstić information content (AvgIpc) is 3.32. The molecule has 1 fully saturated rings. The number of carbonyl (C=O) groups excluding carboxylic acids is 2. The maximum absolute atomic E-state index is 14.4. The molecular weight excluding hydrogens is 474 g/mol. The first-order valence-corrected chi connectivity index (χ1v) is 12.5. The van der Waals surface area contributed by atoms with E-state index in [2.05, 4.69) is 0 Å². The van der Waals surface area contributed by atoms with Crippen molar-refractivity contribution in [3.8, 4) is 11.1 Å². The molecule has 0 aliphatic carbocycles. The second kappa shape index (κ2) is 9.58. The minimum atomic E-state index is -0.252. The van der Waals surface area contributed by atoms with E-state index in [-0.39, 0.29) is 29.1 Å². The predicted octanol–water partition coefficient (Wildman–Crippen LogP) is 6.04. The van der Waals surface area contributed by atoms with Crippen LogP contribution in [-0.4, -0.2) is 43.1 Å². The van der Waals surface area contributed by atoms with E-state index < -0.39 is 0 Å². The van der Waals surface area contributed by atoms with Crippen molar-refractivity contribution >= 4 is 47.2 Å². The number of anilines is 2. The normalized spacial score (nSPS) is 20.0. The van der Waals surface area contributed by atoms with Gasteiger partial charge in [0, 0.05) is 43.4 Å². The number of carbonyl (C=O) groups is 2. The van der Waals surface area contributed by atoms with Gasteiger partial charge in [0.25, 0.3) is 0 Å². The number of fused-ring (bicyclic) bond motifs is 5. The number of amides is 4. The van der Waals surface area contributed by atoms with Gasteiger partial charge in [0.15, 0.2) is 11.4 Å². The first-order chi connectivity index (χ1) is 17.2. The number of nitrogens with two attached hydrogens (primary N) is 1. The summed E-state index contributed by atoms with van der Waals surface area (Å²) in [5.41, 5.74) is 11.0. The first kappa shape index (κ1) is 24.3. The maximum atomic E-state index is 14.4. The summed E-state index contributed by atoms with van der Waals surface area (Å²) in [4.78, 5) is 32.4. The quantitative estimate of drug-likeness (QED) is 0.440. The summed E-state index contributed by atoms with van der Waals surface area (Å²) in [5, 5.41) is 1.74. The molecule has 3 aromatic carbocycles. The number of benzene rings is 3. The fraction of sp³-hybridized carbons (Fsp3) is 0.286. The highest BCUT2D eigenvalue weighted by Crippen LogP contribution is 2.57. The largest absolute Gasteiger partial charge is 0.459 e. The van der Waals surface area contributed by atoms with E-state index in [9.17, 15) is 9.59 Å². The number of nitrogens with zero attached hydrogens (tertiary/aromatic N) is 4. The van der Waals surface area contributed by atoms with Gasteiger partial charge in [-0.05, 0) is 49.9 Å². The number of urea groups is 2. The molecule has 0 aromatic heterocycles. The third-order valence-electron chi connectivity index (χ3n) is 7.39. The molecule has 8 heteroatoms. The number of rotatable bonds is 4. The number of para-hydroxylation sites is 2. The van der Waals surface area contributed by atoms with Crippen LogP contribution in [0.5, 0.6) is 0 Å². The molecule has 2 bridgehead atoms. The molecular formula is C28H31ClN5O2+. The van der Waals surface area contributed by atoms with Crippen molar-refractivity contribution in [2.24, 2.45) is 5.73 Å². The third-order valence-corrected chi connectivity index (χ3v) is 7.39. The smallest absolute Gasteiger partial charge is 0.330 e. The van der Waals surface area contributed by atoms with Crippen molar-refractivity contribution in [1.82, 2.24) is 9.49 Å². The molecule has 3 heterocycles. The average molecular weight is 505 g/mol. The highest BCUT2D eigenvalue weighted by Gasteiger charge is 2.64. The monoisotopic (exact) mass is 504 g/mol. The number of hydrogen-bond donors (Lipinski definition) is 1. The fourth-order valence-corrected chi connectivity index (χ4v) is 5.74. The van der Waals surface area contributed by atoms with E-state index in [4.69, 9.17) is 5.73 Å². The Morgan fingerprint density at radius 2 is 1.61 bits per heavy atom. The summed E-state index contributed by atoms with van der Waals surface area (Å²) in [5.74, 6) is 0. The Labute approximate surface area is 217 Å². The zero-order chi connectivity index (χ0) is 24.0. The van der Waals surface area contributed by atoms with Gasteiger partial charge in [0.05, 0.1) is 0 Å². The molecule has 3 aromatic rings. The summed E-state index contributed by atoms with van der Waals surface area (Å²) in [6.45, 7) is 2.42. The Kier molecular flexibility index (Phi) is 6.47. The zero-order valence-electron chi connectivity index (χ0n) is 20.2. The van der Waals surface area contributed by atoms with Crippen LogP contribution in [0, 0.1) is 0 Å². The molecule has 4 amide bonds. The van der Waals surface area contributed by atoms with Crippen molar-refractivity contribution < 1.29 is 9.59 Å². The standard InChI is InChI=1S/C28H30N5O2.ClH/c29-16-9-19-31-24-12-5-6-13-26(24)33(28(31)35)22-14-15-23(21-10-3-1-4-11-21)25(20-22)32(33)27(34)30-17-7-2-8-18-30;/h1,3-6,10-15,20H,2,7-9,16-19,29H2;1H/q+1;. The van der Waals surface area contributed by atoms with Crippen molar-refractivity contribution in [2.75, 3.05) is 36.1 Å². The number of piperidine rings is 1. The highest BCUT2D eigenvalue weighted by molar-refractivity contribution is 6.20. The molecule has 1 saturated heterocycles. The number of halogens is 1. The van der Waals surface area contributed by atoms with Gasteiger partial charge >= 0.3 is 12.1 Å². The minimum Gasteiger partial charge on any atom is -0.330 e. The van der Waals surface area contributed by atoms with Gasteiger partial charge in [-0.25, -0.2) is 9.59 Å². The SMILES string of the molecule is Cl.NCCCN1C(=O)[N+]2(c3ccc(-c4ccccc4)c(c3)N2C(=O)N2CCCCC2)c2ccccc21. The van der Waals surface area contributed by atoms with Crippen molar-refractivity contribution in [3.63, 3.8) is 0 Å². The zero-order valence-corrected chi connectivity index (χ0v) is 21.0. The molecule has 3 aliphatic rings. The van der Waals surface area contributed by atoms with Crippen LogP contribution in [0.4, 0.5) is 32.3 Å². The summed E-state index contributed by atoms with van der Waals surface area (Å²) in [7, 11) is 0. The van der Waals surface area contributed by atoms with Gasteiger partial charge in [0.1, 0.15) is 11.4 Å². The molecule has 3 aliphatic heterocycles. The van der Waals surface area contributed by atoms with Gasteiger partial charge in [-0.3, -0.25) is 4.90 Å². The maximum Gasteiger partial charge on any atom is 0.459 e. The van der Waals surface area contributed by atoms with E-state index >= 15 is 0 Å². The van der Waals surface area contributed by atoms with Crippen LogP contribution in [0.2, 0.25) is 0 Å². The van der Waals surface area contributed by atoms with Gasteiger partial charge < -0.3 is 10.6 Å². The lowest BCUT2D eigenvalue weighted by Crippen LogP contribution is -2.65. The second-order valence-corrected chi connectivity index (χ2v) is 9.41. The van der Waals surface area contributed by atoms with Crippen LogP contribution in [0.1, 0.15) is 25.7 Å². The lowest BCUT2D eigenvalue weighted by atomic mass is 10.0. The topological polar surface area (TPSA) is 69.9 Å².